The first-order valence-corrected chi connectivity index (χ1v) is 6.44. The molecule has 0 bridgehead atoms. The van der Waals surface area contributed by atoms with Crippen LogP contribution in [0.4, 0.5) is 5.69 Å². The van der Waals surface area contributed by atoms with Crippen LogP contribution in [0.25, 0.3) is 10.9 Å². The topological polar surface area (TPSA) is 34.2 Å². The maximum atomic E-state index is 5.24. The minimum absolute atomic E-state index is 0.847. The molecule has 0 amide bonds. The van der Waals surface area contributed by atoms with Crippen LogP contribution in [0.2, 0.25) is 0 Å². The minimum Gasteiger partial charge on any atom is -0.497 e. The van der Waals surface area contributed by atoms with Crippen LogP contribution in [0.1, 0.15) is 25.5 Å². The van der Waals surface area contributed by atoms with Gasteiger partial charge >= 0.3 is 0 Å². The summed E-state index contributed by atoms with van der Waals surface area (Å²) in [5.41, 5.74) is 3.16. The maximum absolute atomic E-state index is 5.24. The van der Waals surface area contributed by atoms with Crippen molar-refractivity contribution in [1.29, 1.82) is 0 Å². The van der Waals surface area contributed by atoms with E-state index in [0.29, 0.717) is 0 Å². The van der Waals surface area contributed by atoms with Crippen molar-refractivity contribution in [3.05, 3.63) is 30.0 Å². The molecule has 0 aliphatic carbocycles. The summed E-state index contributed by atoms with van der Waals surface area (Å²) in [7, 11) is 1.68. The van der Waals surface area contributed by atoms with Crippen molar-refractivity contribution in [3.8, 4) is 5.75 Å². The van der Waals surface area contributed by atoms with Gasteiger partial charge in [-0.25, -0.2) is 0 Å². The molecule has 1 heterocycles. The Hall–Kier alpha value is -1.77. The molecule has 96 valence electrons. The zero-order valence-corrected chi connectivity index (χ0v) is 11.3. The first kappa shape index (κ1) is 12.7. The van der Waals surface area contributed by atoms with Crippen LogP contribution >= 0.6 is 0 Å². The Morgan fingerprint density at radius 1 is 1.28 bits per heavy atom. The van der Waals surface area contributed by atoms with E-state index in [4.69, 9.17) is 4.74 Å². The highest BCUT2D eigenvalue weighted by molar-refractivity contribution is 5.92. The number of rotatable bonds is 5. The molecule has 3 heteroatoms. The van der Waals surface area contributed by atoms with Gasteiger partial charge < -0.3 is 10.1 Å². The summed E-state index contributed by atoms with van der Waals surface area (Å²) in [4.78, 5) is 4.55. The molecule has 0 spiro atoms. The van der Waals surface area contributed by atoms with Crippen molar-refractivity contribution in [2.45, 2.75) is 26.7 Å². The van der Waals surface area contributed by atoms with Crippen molar-refractivity contribution in [3.63, 3.8) is 0 Å². The smallest absolute Gasteiger partial charge is 0.121 e. The fraction of sp³-hybridized carbons (Fsp3) is 0.400. The summed E-state index contributed by atoms with van der Waals surface area (Å²) in [6.07, 6.45) is 2.38. The number of benzene rings is 1. The van der Waals surface area contributed by atoms with Crippen LogP contribution in [0.15, 0.2) is 24.3 Å². The molecule has 2 aromatic rings. The number of hydrogen-bond acceptors (Lipinski definition) is 3. The average molecular weight is 244 g/mol. The number of hydrogen-bond donors (Lipinski definition) is 1. The lowest BCUT2D eigenvalue weighted by Crippen LogP contribution is -2.02. The Labute approximate surface area is 108 Å². The van der Waals surface area contributed by atoms with Gasteiger partial charge in [0.1, 0.15) is 5.75 Å². The third-order valence-corrected chi connectivity index (χ3v) is 2.99. The summed E-state index contributed by atoms with van der Waals surface area (Å²) < 4.78 is 5.24. The fourth-order valence-corrected chi connectivity index (χ4v) is 2.01. The molecule has 1 aromatic heterocycles. The van der Waals surface area contributed by atoms with Crippen LogP contribution < -0.4 is 10.1 Å². The third-order valence-electron chi connectivity index (χ3n) is 2.99. The highest BCUT2D eigenvalue weighted by atomic mass is 16.5. The second-order valence-electron chi connectivity index (χ2n) is 4.47. The summed E-state index contributed by atoms with van der Waals surface area (Å²) in [5.74, 6) is 0.847. The van der Waals surface area contributed by atoms with Gasteiger partial charge in [0.15, 0.2) is 0 Å². The third kappa shape index (κ3) is 2.73. The predicted molar refractivity (Wildman–Crippen MR) is 76.4 cm³/mol. The van der Waals surface area contributed by atoms with Gasteiger partial charge in [-0.3, -0.25) is 4.98 Å². The first-order chi connectivity index (χ1) is 8.74. The highest BCUT2D eigenvalue weighted by Gasteiger charge is 2.04. The Bertz CT molecular complexity index is 537. The van der Waals surface area contributed by atoms with Gasteiger partial charge in [0.2, 0.25) is 0 Å². The van der Waals surface area contributed by atoms with Crippen molar-refractivity contribution < 1.29 is 4.74 Å². The Morgan fingerprint density at radius 3 is 2.83 bits per heavy atom. The lowest BCUT2D eigenvalue weighted by atomic mass is 10.1. The Balaban J connectivity index is 2.39. The highest BCUT2D eigenvalue weighted by Crippen LogP contribution is 2.26. The van der Waals surface area contributed by atoms with E-state index in [1.807, 2.05) is 19.1 Å². The average Bonchev–Trinajstić information content (AvgIpc) is 2.38. The molecule has 0 saturated carbocycles. The molecule has 0 fully saturated rings. The zero-order valence-electron chi connectivity index (χ0n) is 11.3. The number of aryl methyl sites for hydroxylation is 1. The summed E-state index contributed by atoms with van der Waals surface area (Å²) in [5, 5.41) is 4.64. The summed E-state index contributed by atoms with van der Waals surface area (Å²) in [6.45, 7) is 5.22. The standard InChI is InChI=1S/C15H20N2O/c1-4-5-8-16-14-9-11(2)17-15-10-12(18-3)6-7-13(14)15/h6-7,9-10H,4-5,8H2,1-3H3,(H,16,17). The number of anilines is 1. The normalized spacial score (nSPS) is 10.6. The van der Waals surface area contributed by atoms with Crippen LogP contribution in [0.3, 0.4) is 0 Å². The number of methoxy groups -OCH3 is 1. The fourth-order valence-electron chi connectivity index (χ4n) is 2.01. The van der Waals surface area contributed by atoms with E-state index in [1.54, 1.807) is 7.11 Å². The Kier molecular flexibility index (Phi) is 4.03. The second kappa shape index (κ2) is 5.71. The molecule has 0 atom stereocenters. The van der Waals surface area contributed by atoms with Gasteiger partial charge in [0, 0.05) is 29.4 Å². The molecular weight excluding hydrogens is 224 g/mol. The summed E-state index contributed by atoms with van der Waals surface area (Å²) >= 11 is 0. The number of fused-ring (bicyclic) bond motifs is 1. The van der Waals surface area contributed by atoms with Gasteiger partial charge in [-0.1, -0.05) is 13.3 Å². The first-order valence-electron chi connectivity index (χ1n) is 6.44. The SMILES string of the molecule is CCCCNc1cc(C)nc2cc(OC)ccc12. The van der Waals surface area contributed by atoms with Gasteiger partial charge in [-0.2, -0.15) is 0 Å². The molecule has 2 rings (SSSR count). The Morgan fingerprint density at radius 2 is 2.11 bits per heavy atom. The predicted octanol–water partition coefficient (Wildman–Crippen LogP) is 3.76. The molecule has 0 aliphatic heterocycles. The van der Waals surface area contributed by atoms with E-state index in [0.717, 1.165) is 34.6 Å². The van der Waals surface area contributed by atoms with E-state index >= 15 is 0 Å². The monoisotopic (exact) mass is 244 g/mol. The number of unbranched alkanes of at least 4 members (excludes halogenated alkanes) is 1. The molecule has 0 aliphatic rings. The molecule has 18 heavy (non-hydrogen) atoms. The van der Waals surface area contributed by atoms with Crippen LogP contribution in [0.5, 0.6) is 5.75 Å². The van der Waals surface area contributed by atoms with Gasteiger partial charge in [0.05, 0.1) is 12.6 Å². The van der Waals surface area contributed by atoms with Gasteiger partial charge in [0.25, 0.3) is 0 Å². The van der Waals surface area contributed by atoms with Crippen molar-refractivity contribution in [2.24, 2.45) is 0 Å². The lowest BCUT2D eigenvalue weighted by Gasteiger charge is -2.11. The molecule has 0 saturated heterocycles. The van der Waals surface area contributed by atoms with Gasteiger partial charge in [-0.05, 0) is 31.5 Å². The molecule has 0 unspecified atom stereocenters. The van der Waals surface area contributed by atoms with E-state index in [-0.39, 0.29) is 0 Å². The largest absolute Gasteiger partial charge is 0.497 e. The van der Waals surface area contributed by atoms with E-state index < -0.39 is 0 Å². The zero-order chi connectivity index (χ0) is 13.0. The number of nitrogens with one attached hydrogen (secondary N) is 1. The minimum atomic E-state index is 0.847. The van der Waals surface area contributed by atoms with Crippen molar-refractivity contribution >= 4 is 16.6 Å². The van der Waals surface area contributed by atoms with E-state index in [1.165, 1.54) is 12.8 Å². The lowest BCUT2D eigenvalue weighted by molar-refractivity contribution is 0.415. The molecular formula is C15H20N2O. The summed E-state index contributed by atoms with van der Waals surface area (Å²) in [6, 6.07) is 8.12. The number of pyridine rings is 1. The maximum Gasteiger partial charge on any atom is 0.121 e. The van der Waals surface area contributed by atoms with E-state index in [2.05, 4.69) is 29.4 Å². The van der Waals surface area contributed by atoms with Crippen LogP contribution in [-0.2, 0) is 0 Å². The quantitative estimate of drug-likeness (QED) is 0.813. The van der Waals surface area contributed by atoms with Crippen LogP contribution in [-0.4, -0.2) is 18.6 Å². The number of aromatic nitrogens is 1. The van der Waals surface area contributed by atoms with Crippen LogP contribution in [0, 0.1) is 6.92 Å². The molecule has 3 nitrogen and oxygen atoms in total. The number of nitrogens with zero attached hydrogens (tertiary/aromatic N) is 1. The van der Waals surface area contributed by atoms with Gasteiger partial charge in [-0.15, -0.1) is 0 Å². The molecule has 1 N–H and O–H groups in total. The number of ether oxygens (including phenoxy) is 1. The molecule has 0 radical (unpaired) electrons. The van der Waals surface area contributed by atoms with E-state index in [9.17, 15) is 0 Å². The molecule has 1 aromatic carbocycles. The second-order valence-corrected chi connectivity index (χ2v) is 4.47. The van der Waals surface area contributed by atoms with Crippen molar-refractivity contribution in [2.75, 3.05) is 19.0 Å². The van der Waals surface area contributed by atoms with Crippen molar-refractivity contribution in [1.82, 2.24) is 4.98 Å².